The van der Waals surface area contributed by atoms with Crippen molar-refractivity contribution in [3.05, 3.63) is 59.2 Å². The number of rotatable bonds is 4. The smallest absolute Gasteiger partial charge is 0.408 e. The first-order valence-corrected chi connectivity index (χ1v) is 11.1. The molecule has 0 bridgehead atoms. The van der Waals surface area contributed by atoms with Crippen LogP contribution >= 0.6 is 0 Å². The maximum atomic E-state index is 12.5. The van der Waals surface area contributed by atoms with E-state index in [9.17, 15) is 23.1 Å². The van der Waals surface area contributed by atoms with Gasteiger partial charge in [-0.15, -0.1) is 0 Å². The minimum atomic E-state index is -4.08. The van der Waals surface area contributed by atoms with Crippen LogP contribution in [0.25, 0.3) is 0 Å². The summed E-state index contributed by atoms with van der Waals surface area (Å²) in [6.07, 6.45) is -2.15. The Morgan fingerprint density at radius 3 is 2.35 bits per heavy atom. The fraction of sp³-hybridized carbons (Fsp3) is 0.364. The Morgan fingerprint density at radius 2 is 1.74 bits per heavy atom. The van der Waals surface area contributed by atoms with E-state index in [4.69, 9.17) is 8.92 Å². The number of aliphatic hydroxyl groups excluding tert-OH is 1. The highest BCUT2D eigenvalue weighted by Gasteiger charge is 2.35. The van der Waals surface area contributed by atoms with Gasteiger partial charge in [0.05, 0.1) is 6.10 Å². The van der Waals surface area contributed by atoms with E-state index in [1.54, 1.807) is 32.9 Å². The zero-order valence-corrected chi connectivity index (χ0v) is 18.5. The number of fused-ring (bicyclic) bond motifs is 1. The molecule has 1 unspecified atom stereocenters. The van der Waals surface area contributed by atoms with Crippen molar-refractivity contribution >= 4 is 22.0 Å². The molecule has 0 aliphatic heterocycles. The number of amides is 1. The van der Waals surface area contributed by atoms with Crippen LogP contribution in [-0.4, -0.2) is 31.0 Å². The van der Waals surface area contributed by atoms with Crippen molar-refractivity contribution < 1.29 is 32.0 Å². The third-order valence-corrected chi connectivity index (χ3v) is 5.88. The fourth-order valence-corrected chi connectivity index (χ4v) is 4.13. The Kier molecular flexibility index (Phi) is 6.11. The molecule has 31 heavy (non-hydrogen) atoms. The van der Waals surface area contributed by atoms with E-state index < -0.39 is 34.0 Å². The molecule has 0 radical (unpaired) electrons. The molecule has 3 rings (SSSR count). The molecule has 1 aliphatic rings. The van der Waals surface area contributed by atoms with Crippen LogP contribution in [0.15, 0.2) is 47.4 Å². The van der Waals surface area contributed by atoms with Crippen LogP contribution in [-0.2, 0) is 19.6 Å². The Bertz CT molecular complexity index is 1100. The van der Waals surface area contributed by atoms with Crippen molar-refractivity contribution in [3.8, 4) is 5.75 Å². The van der Waals surface area contributed by atoms with Gasteiger partial charge in [0, 0.05) is 6.42 Å². The molecule has 0 saturated heterocycles. The van der Waals surface area contributed by atoms with Gasteiger partial charge in [-0.3, -0.25) is 4.79 Å². The number of ether oxygens (including phenoxy) is 1. The zero-order valence-electron chi connectivity index (χ0n) is 17.7. The summed E-state index contributed by atoms with van der Waals surface area (Å²) in [5.74, 6) is -0.393. The molecule has 2 aromatic carbocycles. The number of carbonyl (C=O) groups excluding carboxylic acids is 2. The SMILES string of the molecule is Cc1ccc(S(=O)(=O)Oc2ccc3c(c2)[C@H](O)CC(=O)C3NC(=O)OC(C)(C)C)cc1. The summed E-state index contributed by atoms with van der Waals surface area (Å²) < 4.78 is 35.5. The summed E-state index contributed by atoms with van der Waals surface area (Å²) >= 11 is 0. The number of hydrogen-bond acceptors (Lipinski definition) is 7. The lowest BCUT2D eigenvalue weighted by atomic mass is 9.84. The van der Waals surface area contributed by atoms with Gasteiger partial charge in [-0.1, -0.05) is 23.8 Å². The van der Waals surface area contributed by atoms with Crippen molar-refractivity contribution in [2.45, 2.75) is 56.8 Å². The topological polar surface area (TPSA) is 119 Å². The number of hydrogen-bond donors (Lipinski definition) is 2. The lowest BCUT2D eigenvalue weighted by Gasteiger charge is -2.29. The maximum absolute atomic E-state index is 12.5. The number of carbonyl (C=O) groups is 2. The lowest BCUT2D eigenvalue weighted by molar-refractivity contribution is -0.124. The number of benzene rings is 2. The minimum absolute atomic E-state index is 0.00369. The van der Waals surface area contributed by atoms with Gasteiger partial charge in [-0.25, -0.2) is 4.79 Å². The molecule has 2 aromatic rings. The molecule has 9 heteroatoms. The molecular weight excluding hydrogens is 422 g/mol. The molecule has 0 spiro atoms. The second-order valence-electron chi connectivity index (χ2n) is 8.41. The number of alkyl carbamates (subject to hydrolysis) is 1. The first-order valence-electron chi connectivity index (χ1n) is 9.71. The van der Waals surface area contributed by atoms with Gasteiger partial charge in [0.2, 0.25) is 0 Å². The van der Waals surface area contributed by atoms with E-state index in [-0.39, 0.29) is 22.8 Å². The van der Waals surface area contributed by atoms with Crippen LogP contribution < -0.4 is 9.50 Å². The summed E-state index contributed by atoms with van der Waals surface area (Å²) in [6.45, 7) is 6.94. The normalized spacial score (nSPS) is 18.8. The van der Waals surface area contributed by atoms with E-state index in [1.165, 1.54) is 30.3 Å². The largest absolute Gasteiger partial charge is 0.444 e. The van der Waals surface area contributed by atoms with E-state index in [0.717, 1.165) is 5.56 Å². The lowest BCUT2D eigenvalue weighted by Crippen LogP contribution is -2.40. The first kappa shape index (κ1) is 22.8. The van der Waals surface area contributed by atoms with Crippen molar-refractivity contribution in [2.75, 3.05) is 0 Å². The maximum Gasteiger partial charge on any atom is 0.408 e. The molecule has 0 fully saturated rings. The number of Topliss-reactive ketones (excluding diaryl/α,β-unsaturated/α-hetero) is 1. The van der Waals surface area contributed by atoms with Gasteiger partial charge >= 0.3 is 16.2 Å². The standard InChI is InChI=1S/C22H25NO7S/c1-13-5-8-15(9-6-13)31(27,28)30-14-7-10-16-17(11-14)18(24)12-19(25)20(16)23-21(26)29-22(2,3)4/h5-11,18,20,24H,12H2,1-4H3,(H,23,26)/t18-,20?/m1/s1. The number of aliphatic hydroxyl groups is 1. The molecule has 0 heterocycles. The Labute approximate surface area is 181 Å². The average molecular weight is 448 g/mol. The second-order valence-corrected chi connectivity index (χ2v) is 9.95. The molecular formula is C22H25NO7S. The molecule has 1 aliphatic carbocycles. The quantitative estimate of drug-likeness (QED) is 0.690. The number of nitrogens with one attached hydrogen (secondary N) is 1. The van der Waals surface area contributed by atoms with Crippen molar-refractivity contribution in [2.24, 2.45) is 0 Å². The van der Waals surface area contributed by atoms with Gasteiger partial charge in [-0.2, -0.15) is 8.42 Å². The predicted octanol–water partition coefficient (Wildman–Crippen LogP) is 3.33. The van der Waals surface area contributed by atoms with Crippen molar-refractivity contribution in [1.82, 2.24) is 5.32 Å². The molecule has 2 atom stereocenters. The van der Waals surface area contributed by atoms with Gasteiger partial charge in [-0.05, 0) is 63.1 Å². The van der Waals surface area contributed by atoms with Crippen LogP contribution in [0, 0.1) is 6.92 Å². The van der Waals surface area contributed by atoms with Crippen LogP contribution in [0.3, 0.4) is 0 Å². The Balaban J connectivity index is 1.87. The highest BCUT2D eigenvalue weighted by molar-refractivity contribution is 7.87. The van der Waals surface area contributed by atoms with E-state index >= 15 is 0 Å². The highest BCUT2D eigenvalue weighted by atomic mass is 32.2. The van der Waals surface area contributed by atoms with Crippen LogP contribution in [0.4, 0.5) is 4.79 Å². The molecule has 0 aromatic heterocycles. The predicted molar refractivity (Wildman–Crippen MR) is 112 cm³/mol. The van der Waals surface area contributed by atoms with E-state index in [1.807, 2.05) is 6.92 Å². The second kappa shape index (κ2) is 8.32. The molecule has 8 nitrogen and oxygen atoms in total. The summed E-state index contributed by atoms with van der Waals surface area (Å²) in [5, 5.41) is 12.9. The highest BCUT2D eigenvalue weighted by Crippen LogP contribution is 2.37. The van der Waals surface area contributed by atoms with Gasteiger partial charge in [0.1, 0.15) is 22.3 Å². The number of aryl methyl sites for hydroxylation is 1. The summed E-state index contributed by atoms with van der Waals surface area (Å²) in [5.41, 5.74) is 0.822. The first-order chi connectivity index (χ1) is 14.4. The third-order valence-electron chi connectivity index (χ3n) is 4.62. The molecule has 1 amide bonds. The minimum Gasteiger partial charge on any atom is -0.444 e. The van der Waals surface area contributed by atoms with Crippen molar-refractivity contribution in [1.29, 1.82) is 0 Å². The van der Waals surface area contributed by atoms with Crippen LogP contribution in [0.2, 0.25) is 0 Å². The summed E-state index contributed by atoms with van der Waals surface area (Å²) in [7, 11) is -4.08. The Morgan fingerprint density at radius 1 is 1.10 bits per heavy atom. The summed E-state index contributed by atoms with van der Waals surface area (Å²) in [4.78, 5) is 24.6. The zero-order chi connectivity index (χ0) is 23.0. The van der Waals surface area contributed by atoms with Crippen LogP contribution in [0.5, 0.6) is 5.75 Å². The molecule has 2 N–H and O–H groups in total. The van der Waals surface area contributed by atoms with Crippen molar-refractivity contribution in [3.63, 3.8) is 0 Å². The summed E-state index contributed by atoms with van der Waals surface area (Å²) in [6, 6.07) is 9.38. The third kappa shape index (κ3) is 5.42. The molecule has 0 saturated carbocycles. The van der Waals surface area contributed by atoms with Crippen LogP contribution in [0.1, 0.15) is 56.0 Å². The Hall–Kier alpha value is -2.91. The van der Waals surface area contributed by atoms with E-state index in [0.29, 0.717) is 11.1 Å². The fourth-order valence-electron chi connectivity index (χ4n) is 3.21. The van der Waals surface area contributed by atoms with Gasteiger partial charge in [0.25, 0.3) is 0 Å². The van der Waals surface area contributed by atoms with E-state index in [2.05, 4.69) is 5.32 Å². The average Bonchev–Trinajstić information content (AvgIpc) is 2.64. The monoisotopic (exact) mass is 447 g/mol. The molecule has 166 valence electrons. The number of ketones is 1. The van der Waals surface area contributed by atoms with Gasteiger partial charge < -0.3 is 19.3 Å². The van der Waals surface area contributed by atoms with Gasteiger partial charge in [0.15, 0.2) is 5.78 Å².